The van der Waals surface area contributed by atoms with Crippen molar-refractivity contribution in [1.29, 1.82) is 0 Å². The summed E-state index contributed by atoms with van der Waals surface area (Å²) in [6.45, 7) is 5.69. The van der Waals surface area contributed by atoms with Crippen molar-refractivity contribution < 1.29 is 13.9 Å². The van der Waals surface area contributed by atoms with Gasteiger partial charge in [-0.2, -0.15) is 4.99 Å². The summed E-state index contributed by atoms with van der Waals surface area (Å²) in [6.07, 6.45) is 1.46. The lowest BCUT2D eigenvalue weighted by Gasteiger charge is -2.08. The molecular formula is C17H17ClN2O3S. The van der Waals surface area contributed by atoms with Gasteiger partial charge in [0.1, 0.15) is 0 Å². The Kier molecular flexibility index (Phi) is 5.18. The molecule has 5 nitrogen and oxygen atoms in total. The van der Waals surface area contributed by atoms with Crippen LogP contribution in [0.15, 0.2) is 39.9 Å². The summed E-state index contributed by atoms with van der Waals surface area (Å²) in [5.41, 5.74) is 1.95. The first-order chi connectivity index (χ1) is 11.6. The van der Waals surface area contributed by atoms with E-state index in [-0.39, 0.29) is 5.76 Å². The lowest BCUT2D eigenvalue weighted by Crippen LogP contribution is -2.20. The Morgan fingerprint density at radius 1 is 1.42 bits per heavy atom. The quantitative estimate of drug-likeness (QED) is 0.642. The molecule has 0 aliphatic carbocycles. The predicted octanol–water partition coefficient (Wildman–Crippen LogP) is 4.04. The Hall–Kier alpha value is -1.89. The van der Waals surface area contributed by atoms with Crippen LogP contribution in [0.3, 0.4) is 0 Å². The van der Waals surface area contributed by atoms with Crippen LogP contribution < -0.4 is 4.80 Å². The van der Waals surface area contributed by atoms with Gasteiger partial charge in [-0.25, -0.2) is 0 Å². The summed E-state index contributed by atoms with van der Waals surface area (Å²) in [6, 6.07) is 7.08. The molecule has 0 bridgehead atoms. The molecule has 3 rings (SSSR count). The van der Waals surface area contributed by atoms with Gasteiger partial charge in [-0.15, -0.1) is 0 Å². The Bertz CT molecular complexity index is 925. The first-order valence-electron chi connectivity index (χ1n) is 7.60. The van der Waals surface area contributed by atoms with Crippen LogP contribution >= 0.6 is 22.9 Å². The lowest BCUT2D eigenvalue weighted by atomic mass is 10.2. The average molecular weight is 365 g/mol. The van der Waals surface area contributed by atoms with Crippen LogP contribution in [-0.2, 0) is 11.3 Å². The molecule has 0 radical (unpaired) electrons. The second-order valence-corrected chi connectivity index (χ2v) is 6.56. The van der Waals surface area contributed by atoms with E-state index in [1.165, 1.54) is 17.6 Å². The van der Waals surface area contributed by atoms with E-state index in [1.54, 1.807) is 12.1 Å². The molecule has 0 unspecified atom stereocenters. The number of amides is 1. The highest BCUT2D eigenvalue weighted by Gasteiger charge is 2.13. The predicted molar refractivity (Wildman–Crippen MR) is 94.7 cm³/mol. The molecule has 0 saturated carbocycles. The van der Waals surface area contributed by atoms with Gasteiger partial charge in [-0.1, -0.05) is 22.9 Å². The Morgan fingerprint density at radius 3 is 2.96 bits per heavy atom. The van der Waals surface area contributed by atoms with E-state index in [9.17, 15) is 4.79 Å². The third kappa shape index (κ3) is 3.31. The van der Waals surface area contributed by atoms with E-state index in [2.05, 4.69) is 4.99 Å². The highest BCUT2D eigenvalue weighted by molar-refractivity contribution is 7.16. The molecule has 7 heteroatoms. The number of nitrogens with zero attached hydrogens (tertiary/aromatic N) is 2. The fourth-order valence-corrected chi connectivity index (χ4v) is 3.72. The second-order valence-electron chi connectivity index (χ2n) is 5.15. The number of ether oxygens (including phenoxy) is 1. The van der Waals surface area contributed by atoms with Crippen LogP contribution in [-0.4, -0.2) is 23.7 Å². The van der Waals surface area contributed by atoms with Crippen LogP contribution in [0.1, 0.15) is 23.0 Å². The number of furan rings is 1. The van der Waals surface area contributed by atoms with Gasteiger partial charge in [0, 0.05) is 18.2 Å². The normalized spacial score (nSPS) is 12.2. The van der Waals surface area contributed by atoms with Crippen molar-refractivity contribution in [1.82, 2.24) is 4.57 Å². The van der Waals surface area contributed by atoms with Gasteiger partial charge >= 0.3 is 5.91 Å². The van der Waals surface area contributed by atoms with Gasteiger partial charge in [0.05, 0.1) is 23.1 Å². The highest BCUT2D eigenvalue weighted by atomic mass is 35.5. The number of aryl methyl sites for hydroxylation is 1. The Labute approximate surface area is 148 Å². The van der Waals surface area contributed by atoms with E-state index in [0.717, 1.165) is 15.8 Å². The fourth-order valence-electron chi connectivity index (χ4n) is 2.45. The molecule has 3 aromatic rings. The van der Waals surface area contributed by atoms with Crippen molar-refractivity contribution >= 4 is 39.1 Å². The third-order valence-corrected chi connectivity index (χ3v) is 5.08. The monoisotopic (exact) mass is 364 g/mol. The molecule has 0 saturated heterocycles. The summed E-state index contributed by atoms with van der Waals surface area (Å²) >= 11 is 7.71. The van der Waals surface area contributed by atoms with Gasteiger partial charge in [-0.3, -0.25) is 4.79 Å². The SMILES string of the molecule is CCOCCn1c(=NC(=O)c2ccco2)sc2ccc(Cl)c(C)c21. The maximum atomic E-state index is 12.3. The minimum atomic E-state index is -0.402. The average Bonchev–Trinajstić information content (AvgIpc) is 3.20. The molecule has 1 aromatic carbocycles. The number of benzene rings is 1. The molecular weight excluding hydrogens is 348 g/mol. The lowest BCUT2D eigenvalue weighted by molar-refractivity contribution is 0.0970. The van der Waals surface area contributed by atoms with Crippen molar-refractivity contribution in [3.8, 4) is 0 Å². The van der Waals surface area contributed by atoms with E-state index in [4.69, 9.17) is 20.8 Å². The minimum Gasteiger partial charge on any atom is -0.459 e. The number of aromatic nitrogens is 1. The number of hydrogen-bond donors (Lipinski definition) is 0. The fraction of sp³-hybridized carbons (Fsp3) is 0.294. The zero-order chi connectivity index (χ0) is 17.1. The first kappa shape index (κ1) is 17.0. The van der Waals surface area contributed by atoms with Gasteiger partial charge in [0.15, 0.2) is 10.6 Å². The zero-order valence-electron chi connectivity index (χ0n) is 13.4. The van der Waals surface area contributed by atoms with E-state index < -0.39 is 5.91 Å². The Balaban J connectivity index is 2.13. The number of thiazole rings is 1. The minimum absolute atomic E-state index is 0.221. The number of carbonyl (C=O) groups excluding carboxylic acids is 1. The Morgan fingerprint density at radius 2 is 2.25 bits per heavy atom. The zero-order valence-corrected chi connectivity index (χ0v) is 15.0. The van der Waals surface area contributed by atoms with Crippen LogP contribution in [0, 0.1) is 6.92 Å². The molecule has 126 valence electrons. The van der Waals surface area contributed by atoms with Gasteiger partial charge in [-0.05, 0) is 43.7 Å². The molecule has 0 aliphatic rings. The smallest absolute Gasteiger partial charge is 0.315 e. The van der Waals surface area contributed by atoms with Gasteiger partial charge < -0.3 is 13.7 Å². The maximum absolute atomic E-state index is 12.3. The van der Waals surface area contributed by atoms with Crippen LogP contribution in [0.4, 0.5) is 0 Å². The summed E-state index contributed by atoms with van der Waals surface area (Å²) < 4.78 is 13.6. The summed E-state index contributed by atoms with van der Waals surface area (Å²) in [7, 11) is 0. The summed E-state index contributed by atoms with van der Waals surface area (Å²) in [5.74, 6) is -0.181. The standard InChI is InChI=1S/C17H17ClN2O3S/c1-3-22-10-8-20-15-11(2)12(18)6-7-14(15)24-17(20)19-16(21)13-5-4-9-23-13/h4-7,9H,3,8,10H2,1-2H3. The van der Waals surface area contributed by atoms with Crippen molar-refractivity contribution in [2.24, 2.45) is 4.99 Å². The van der Waals surface area contributed by atoms with Crippen molar-refractivity contribution in [3.63, 3.8) is 0 Å². The number of halogens is 1. The van der Waals surface area contributed by atoms with Crippen LogP contribution in [0.5, 0.6) is 0 Å². The van der Waals surface area contributed by atoms with Crippen LogP contribution in [0.25, 0.3) is 10.2 Å². The van der Waals surface area contributed by atoms with Crippen molar-refractivity contribution in [2.75, 3.05) is 13.2 Å². The third-order valence-electron chi connectivity index (χ3n) is 3.62. The molecule has 0 spiro atoms. The van der Waals surface area contributed by atoms with Crippen LogP contribution in [0.2, 0.25) is 5.02 Å². The topological polar surface area (TPSA) is 56.7 Å². The van der Waals surface area contributed by atoms with E-state index in [1.807, 2.05) is 30.5 Å². The molecule has 1 amide bonds. The number of hydrogen-bond acceptors (Lipinski definition) is 4. The molecule has 2 heterocycles. The molecule has 2 aromatic heterocycles. The largest absolute Gasteiger partial charge is 0.459 e. The molecule has 0 aliphatic heterocycles. The summed E-state index contributed by atoms with van der Waals surface area (Å²) in [4.78, 5) is 17.1. The second kappa shape index (κ2) is 7.34. The number of rotatable bonds is 5. The van der Waals surface area contributed by atoms with E-state index in [0.29, 0.717) is 29.6 Å². The molecule has 24 heavy (non-hydrogen) atoms. The summed E-state index contributed by atoms with van der Waals surface area (Å²) in [5, 5.41) is 0.689. The molecule has 0 atom stereocenters. The van der Waals surface area contributed by atoms with Crippen molar-refractivity contribution in [3.05, 3.63) is 51.7 Å². The molecule has 0 N–H and O–H groups in total. The van der Waals surface area contributed by atoms with Gasteiger partial charge in [0.25, 0.3) is 0 Å². The number of fused-ring (bicyclic) bond motifs is 1. The molecule has 0 fully saturated rings. The van der Waals surface area contributed by atoms with Crippen molar-refractivity contribution in [2.45, 2.75) is 20.4 Å². The van der Waals surface area contributed by atoms with Gasteiger partial charge in [0.2, 0.25) is 0 Å². The number of carbonyl (C=O) groups is 1. The first-order valence-corrected chi connectivity index (χ1v) is 8.80. The highest BCUT2D eigenvalue weighted by Crippen LogP contribution is 2.27. The van der Waals surface area contributed by atoms with E-state index >= 15 is 0 Å². The maximum Gasteiger partial charge on any atom is 0.315 e.